The Balaban J connectivity index is 1.61. The van der Waals surface area contributed by atoms with Gasteiger partial charge in [0.1, 0.15) is 0 Å². The molecule has 3 aromatic rings. The lowest BCUT2D eigenvalue weighted by Gasteiger charge is -2.08. The third kappa shape index (κ3) is 3.45. The van der Waals surface area contributed by atoms with Gasteiger partial charge < -0.3 is 9.30 Å². The number of ether oxygens (including phenoxy) is 1. The molecule has 3 rings (SSSR count). The Morgan fingerprint density at radius 3 is 2.78 bits per heavy atom. The second kappa shape index (κ2) is 6.87. The molecule has 5 nitrogen and oxygen atoms in total. The Hall–Kier alpha value is -2.95. The van der Waals surface area contributed by atoms with Gasteiger partial charge in [-0.2, -0.15) is 0 Å². The summed E-state index contributed by atoms with van der Waals surface area (Å²) < 4.78 is 6.89. The van der Waals surface area contributed by atoms with E-state index in [0.29, 0.717) is 18.5 Å². The summed E-state index contributed by atoms with van der Waals surface area (Å²) in [6, 6.07) is 12.6. The van der Waals surface area contributed by atoms with Crippen LogP contribution >= 0.6 is 0 Å². The van der Waals surface area contributed by atoms with E-state index in [1.165, 1.54) is 12.3 Å². The number of hydrogen-bond acceptors (Lipinski definition) is 4. The lowest BCUT2D eigenvalue weighted by atomic mass is 10.1. The Bertz CT molecular complexity index is 881. The first kappa shape index (κ1) is 15.0. The minimum atomic E-state index is -0.394. The van der Waals surface area contributed by atoms with E-state index in [0.717, 1.165) is 10.8 Å². The maximum atomic E-state index is 12.2. The molecule has 5 heteroatoms. The maximum absolute atomic E-state index is 12.2. The van der Waals surface area contributed by atoms with Crippen molar-refractivity contribution in [2.45, 2.75) is 13.0 Å². The molecule has 0 bridgehead atoms. The van der Waals surface area contributed by atoms with Gasteiger partial charge in [-0.25, -0.2) is 4.79 Å². The van der Waals surface area contributed by atoms with Gasteiger partial charge in [0.15, 0.2) is 0 Å². The van der Waals surface area contributed by atoms with Crippen LogP contribution in [0.1, 0.15) is 16.8 Å². The quantitative estimate of drug-likeness (QED) is 0.537. The van der Waals surface area contributed by atoms with Crippen molar-refractivity contribution in [2.75, 3.05) is 6.61 Å². The van der Waals surface area contributed by atoms with E-state index < -0.39 is 5.97 Å². The van der Waals surface area contributed by atoms with Crippen molar-refractivity contribution < 1.29 is 9.53 Å². The third-order valence-electron chi connectivity index (χ3n) is 3.56. The normalized spacial score (nSPS) is 10.6. The monoisotopic (exact) mass is 308 g/mol. The zero-order valence-corrected chi connectivity index (χ0v) is 12.5. The second-order valence-corrected chi connectivity index (χ2v) is 5.13. The molecule has 0 N–H and O–H groups in total. The lowest BCUT2D eigenvalue weighted by molar-refractivity contribution is 0.0497. The van der Waals surface area contributed by atoms with Crippen LogP contribution < -0.4 is 5.56 Å². The van der Waals surface area contributed by atoms with Crippen LogP contribution in [0, 0.1) is 0 Å². The van der Waals surface area contributed by atoms with Crippen molar-refractivity contribution in [3.63, 3.8) is 0 Å². The average Bonchev–Trinajstić information content (AvgIpc) is 2.59. The van der Waals surface area contributed by atoms with Crippen molar-refractivity contribution in [1.82, 2.24) is 9.55 Å². The molecule has 0 amide bonds. The number of esters is 1. The topological polar surface area (TPSA) is 61.2 Å². The van der Waals surface area contributed by atoms with Crippen molar-refractivity contribution in [3.05, 3.63) is 77.0 Å². The highest BCUT2D eigenvalue weighted by molar-refractivity contribution is 6.03. The molecule has 0 saturated heterocycles. The minimum absolute atomic E-state index is 0.0583. The van der Waals surface area contributed by atoms with Crippen molar-refractivity contribution in [1.29, 1.82) is 0 Å². The van der Waals surface area contributed by atoms with Crippen LogP contribution in [0.25, 0.3) is 10.8 Å². The number of aromatic nitrogens is 2. The van der Waals surface area contributed by atoms with Crippen LogP contribution in [-0.4, -0.2) is 22.1 Å². The largest absolute Gasteiger partial charge is 0.462 e. The van der Waals surface area contributed by atoms with Crippen LogP contribution in [-0.2, 0) is 11.3 Å². The predicted octanol–water partition coefficient (Wildman–Crippen LogP) is 2.64. The average molecular weight is 308 g/mol. The highest BCUT2D eigenvalue weighted by Gasteiger charge is 2.11. The standard InChI is InChI=1S/C18H16N2O3/c21-17-8-3-4-9-20(17)10-5-11-23-18(22)16-13-19-12-14-6-1-2-7-15(14)16/h1-4,6-9,12-13H,5,10-11H2. The fourth-order valence-electron chi connectivity index (χ4n) is 2.40. The number of pyridine rings is 2. The molecule has 0 radical (unpaired) electrons. The SMILES string of the molecule is O=C(OCCCn1ccccc1=O)c1cncc2ccccc12. The first-order valence-electron chi connectivity index (χ1n) is 7.41. The van der Waals surface area contributed by atoms with Gasteiger partial charge >= 0.3 is 5.97 Å². The molecule has 23 heavy (non-hydrogen) atoms. The van der Waals surface area contributed by atoms with Crippen LogP contribution in [0.3, 0.4) is 0 Å². The summed E-state index contributed by atoms with van der Waals surface area (Å²) in [6.45, 7) is 0.768. The van der Waals surface area contributed by atoms with Gasteiger partial charge in [0.25, 0.3) is 0 Å². The minimum Gasteiger partial charge on any atom is -0.462 e. The molecule has 2 aromatic heterocycles. The van der Waals surface area contributed by atoms with Crippen LogP contribution in [0.4, 0.5) is 0 Å². The molecular formula is C18H16N2O3. The molecule has 1 aromatic carbocycles. The van der Waals surface area contributed by atoms with Crippen molar-refractivity contribution in [3.8, 4) is 0 Å². The first-order valence-corrected chi connectivity index (χ1v) is 7.41. The number of carbonyl (C=O) groups excluding carboxylic acids is 1. The number of nitrogens with zero attached hydrogens (tertiary/aromatic N) is 2. The smallest absolute Gasteiger partial charge is 0.340 e. The molecule has 0 saturated carbocycles. The molecule has 0 aliphatic carbocycles. The van der Waals surface area contributed by atoms with Gasteiger partial charge in [-0.3, -0.25) is 9.78 Å². The van der Waals surface area contributed by atoms with E-state index in [1.54, 1.807) is 29.1 Å². The van der Waals surface area contributed by atoms with Gasteiger partial charge in [0.05, 0.1) is 12.2 Å². The molecule has 0 unspecified atom stereocenters. The van der Waals surface area contributed by atoms with Crippen molar-refractivity contribution >= 4 is 16.7 Å². The lowest BCUT2D eigenvalue weighted by Crippen LogP contribution is -2.19. The van der Waals surface area contributed by atoms with E-state index in [1.807, 2.05) is 24.3 Å². The van der Waals surface area contributed by atoms with Gasteiger partial charge in [0, 0.05) is 36.6 Å². The summed E-state index contributed by atoms with van der Waals surface area (Å²) in [4.78, 5) is 27.8. The zero-order chi connectivity index (χ0) is 16.1. The summed E-state index contributed by atoms with van der Waals surface area (Å²) in [5.74, 6) is -0.394. The van der Waals surface area contributed by atoms with E-state index in [4.69, 9.17) is 4.74 Å². The predicted molar refractivity (Wildman–Crippen MR) is 87.3 cm³/mol. The highest BCUT2D eigenvalue weighted by atomic mass is 16.5. The van der Waals surface area contributed by atoms with E-state index >= 15 is 0 Å². The molecule has 2 heterocycles. The number of aryl methyl sites for hydroxylation is 1. The number of carbonyl (C=O) groups is 1. The summed E-state index contributed by atoms with van der Waals surface area (Å²) >= 11 is 0. The summed E-state index contributed by atoms with van der Waals surface area (Å²) in [6.07, 6.45) is 5.53. The number of hydrogen-bond donors (Lipinski definition) is 0. The molecule has 0 aliphatic heterocycles. The Morgan fingerprint density at radius 2 is 1.91 bits per heavy atom. The number of benzene rings is 1. The fraction of sp³-hybridized carbons (Fsp3) is 0.167. The first-order chi connectivity index (χ1) is 11.3. The zero-order valence-electron chi connectivity index (χ0n) is 12.5. The summed E-state index contributed by atoms with van der Waals surface area (Å²) in [5, 5.41) is 1.73. The van der Waals surface area contributed by atoms with Gasteiger partial charge in [-0.05, 0) is 17.9 Å². The second-order valence-electron chi connectivity index (χ2n) is 5.13. The van der Waals surface area contributed by atoms with E-state index in [-0.39, 0.29) is 12.2 Å². The van der Waals surface area contributed by atoms with Gasteiger partial charge in [0.2, 0.25) is 5.56 Å². The van der Waals surface area contributed by atoms with Crippen molar-refractivity contribution in [2.24, 2.45) is 0 Å². The highest BCUT2D eigenvalue weighted by Crippen LogP contribution is 2.17. The molecule has 116 valence electrons. The Labute approximate surface area is 133 Å². The number of fused-ring (bicyclic) bond motifs is 1. The summed E-state index contributed by atoms with van der Waals surface area (Å²) in [7, 11) is 0. The summed E-state index contributed by atoms with van der Waals surface area (Å²) in [5.41, 5.74) is 0.400. The maximum Gasteiger partial charge on any atom is 0.340 e. The van der Waals surface area contributed by atoms with Gasteiger partial charge in [-0.15, -0.1) is 0 Å². The van der Waals surface area contributed by atoms with Crippen LogP contribution in [0.5, 0.6) is 0 Å². The fourth-order valence-corrected chi connectivity index (χ4v) is 2.40. The van der Waals surface area contributed by atoms with E-state index in [9.17, 15) is 9.59 Å². The van der Waals surface area contributed by atoms with E-state index in [2.05, 4.69) is 4.98 Å². The number of rotatable bonds is 5. The Morgan fingerprint density at radius 1 is 1.09 bits per heavy atom. The third-order valence-corrected chi connectivity index (χ3v) is 3.56. The molecule has 0 spiro atoms. The molecule has 0 atom stereocenters. The van der Waals surface area contributed by atoms with Crippen LogP contribution in [0.15, 0.2) is 65.8 Å². The molecular weight excluding hydrogens is 292 g/mol. The molecule has 0 fully saturated rings. The Kier molecular flexibility index (Phi) is 4.47. The van der Waals surface area contributed by atoms with Gasteiger partial charge in [-0.1, -0.05) is 30.3 Å². The van der Waals surface area contributed by atoms with Crippen LogP contribution in [0.2, 0.25) is 0 Å². The molecule has 0 aliphatic rings.